The van der Waals surface area contributed by atoms with Crippen LogP contribution >= 0.6 is 27.5 Å². The van der Waals surface area contributed by atoms with Gasteiger partial charge in [0.15, 0.2) is 0 Å². The van der Waals surface area contributed by atoms with Crippen molar-refractivity contribution < 1.29 is 5.11 Å². The standard InChI is InChI=1S/C14H13BrClNO/c1-9-3-2-4-10(14(9)18)8-17-11-5-6-12(15)13(16)7-11/h2-7,17-18H,8H2,1H3. The molecule has 0 aliphatic carbocycles. The van der Waals surface area contributed by atoms with Crippen molar-refractivity contribution >= 4 is 33.2 Å². The summed E-state index contributed by atoms with van der Waals surface area (Å²) in [4.78, 5) is 0. The highest BCUT2D eigenvalue weighted by molar-refractivity contribution is 9.10. The van der Waals surface area contributed by atoms with Gasteiger partial charge in [-0.3, -0.25) is 0 Å². The maximum absolute atomic E-state index is 9.90. The van der Waals surface area contributed by atoms with Gasteiger partial charge in [-0.2, -0.15) is 0 Å². The summed E-state index contributed by atoms with van der Waals surface area (Å²) in [7, 11) is 0. The number of rotatable bonds is 3. The van der Waals surface area contributed by atoms with Gasteiger partial charge in [-0.05, 0) is 46.6 Å². The SMILES string of the molecule is Cc1cccc(CNc2ccc(Br)c(Cl)c2)c1O. The molecule has 0 fully saturated rings. The molecule has 94 valence electrons. The van der Waals surface area contributed by atoms with Gasteiger partial charge in [0, 0.05) is 22.3 Å². The quantitative estimate of drug-likeness (QED) is 0.854. The number of benzene rings is 2. The number of phenolic OH excluding ortho intramolecular Hbond substituents is 1. The molecule has 0 bridgehead atoms. The number of aromatic hydroxyl groups is 1. The fourth-order valence-corrected chi connectivity index (χ4v) is 2.09. The van der Waals surface area contributed by atoms with E-state index in [-0.39, 0.29) is 0 Å². The molecule has 0 aliphatic rings. The van der Waals surface area contributed by atoms with Crippen LogP contribution < -0.4 is 5.32 Å². The van der Waals surface area contributed by atoms with E-state index >= 15 is 0 Å². The van der Waals surface area contributed by atoms with Crippen LogP contribution in [0.5, 0.6) is 5.75 Å². The molecule has 0 saturated carbocycles. The van der Waals surface area contributed by atoms with Gasteiger partial charge in [-0.15, -0.1) is 0 Å². The van der Waals surface area contributed by atoms with Gasteiger partial charge in [0.25, 0.3) is 0 Å². The van der Waals surface area contributed by atoms with Crippen molar-refractivity contribution in [3.05, 3.63) is 57.0 Å². The Morgan fingerprint density at radius 3 is 2.78 bits per heavy atom. The third kappa shape index (κ3) is 2.98. The second-order valence-electron chi connectivity index (χ2n) is 4.07. The molecular formula is C14H13BrClNO. The number of nitrogens with one attached hydrogen (secondary N) is 1. The fourth-order valence-electron chi connectivity index (χ4n) is 1.67. The first-order valence-electron chi connectivity index (χ1n) is 5.54. The van der Waals surface area contributed by atoms with Crippen molar-refractivity contribution in [2.24, 2.45) is 0 Å². The molecule has 2 N–H and O–H groups in total. The number of aryl methyl sites for hydroxylation is 1. The Hall–Kier alpha value is -1.19. The first-order chi connectivity index (χ1) is 8.58. The highest BCUT2D eigenvalue weighted by atomic mass is 79.9. The lowest BCUT2D eigenvalue weighted by molar-refractivity contribution is 0.465. The van der Waals surface area contributed by atoms with Crippen LogP contribution in [0, 0.1) is 6.92 Å². The summed E-state index contributed by atoms with van der Waals surface area (Å²) < 4.78 is 0.869. The number of halogens is 2. The normalized spacial score (nSPS) is 10.4. The molecule has 0 radical (unpaired) electrons. The number of para-hydroxylation sites is 1. The minimum absolute atomic E-state index is 0.341. The molecule has 0 heterocycles. The van der Waals surface area contributed by atoms with Crippen LogP contribution in [0.3, 0.4) is 0 Å². The highest BCUT2D eigenvalue weighted by Gasteiger charge is 2.04. The van der Waals surface area contributed by atoms with E-state index in [2.05, 4.69) is 21.2 Å². The molecule has 2 aromatic rings. The smallest absolute Gasteiger partial charge is 0.123 e. The molecule has 0 unspecified atom stereocenters. The number of phenols is 1. The Kier molecular flexibility index (Phi) is 4.15. The summed E-state index contributed by atoms with van der Waals surface area (Å²) in [5, 5.41) is 13.8. The molecule has 2 nitrogen and oxygen atoms in total. The maximum atomic E-state index is 9.90. The Morgan fingerprint density at radius 2 is 2.06 bits per heavy atom. The van der Waals surface area contributed by atoms with Crippen molar-refractivity contribution in [3.63, 3.8) is 0 Å². The molecule has 18 heavy (non-hydrogen) atoms. The van der Waals surface area contributed by atoms with Crippen LogP contribution in [-0.2, 0) is 6.54 Å². The average Bonchev–Trinajstić information content (AvgIpc) is 2.35. The van der Waals surface area contributed by atoms with E-state index in [1.807, 2.05) is 43.3 Å². The summed E-state index contributed by atoms with van der Waals surface area (Å²) in [5.74, 6) is 0.341. The summed E-state index contributed by atoms with van der Waals surface area (Å²) in [6.45, 7) is 2.45. The molecule has 0 atom stereocenters. The predicted molar refractivity (Wildman–Crippen MR) is 79.3 cm³/mol. The van der Waals surface area contributed by atoms with Crippen molar-refractivity contribution in [2.45, 2.75) is 13.5 Å². The number of hydrogen-bond acceptors (Lipinski definition) is 2. The Morgan fingerprint density at radius 1 is 1.28 bits per heavy atom. The number of hydrogen-bond donors (Lipinski definition) is 2. The zero-order valence-corrected chi connectivity index (χ0v) is 12.2. The molecule has 0 amide bonds. The second kappa shape index (κ2) is 5.63. The van der Waals surface area contributed by atoms with Crippen molar-refractivity contribution in [1.82, 2.24) is 0 Å². The third-order valence-corrected chi connectivity index (χ3v) is 3.96. The fraction of sp³-hybridized carbons (Fsp3) is 0.143. The van der Waals surface area contributed by atoms with E-state index in [4.69, 9.17) is 11.6 Å². The van der Waals surface area contributed by atoms with E-state index in [9.17, 15) is 5.11 Å². The van der Waals surface area contributed by atoms with E-state index in [1.165, 1.54) is 0 Å². The van der Waals surface area contributed by atoms with Crippen LogP contribution in [0.2, 0.25) is 5.02 Å². The average molecular weight is 327 g/mol. The first kappa shape index (κ1) is 13.2. The summed E-state index contributed by atoms with van der Waals surface area (Å²) in [6, 6.07) is 11.4. The Balaban J connectivity index is 2.11. The van der Waals surface area contributed by atoms with Crippen LogP contribution in [0.4, 0.5) is 5.69 Å². The van der Waals surface area contributed by atoms with Gasteiger partial charge in [0.2, 0.25) is 0 Å². The zero-order chi connectivity index (χ0) is 13.1. The summed E-state index contributed by atoms with van der Waals surface area (Å²) >= 11 is 9.36. The lowest BCUT2D eigenvalue weighted by atomic mass is 10.1. The van der Waals surface area contributed by atoms with Gasteiger partial charge >= 0.3 is 0 Å². The minimum atomic E-state index is 0.341. The molecule has 0 aliphatic heterocycles. The summed E-state index contributed by atoms with van der Waals surface area (Å²) in [5.41, 5.74) is 2.67. The summed E-state index contributed by atoms with van der Waals surface area (Å²) in [6.07, 6.45) is 0. The van der Waals surface area contributed by atoms with Gasteiger partial charge in [-0.25, -0.2) is 0 Å². The van der Waals surface area contributed by atoms with Gasteiger partial charge in [0.05, 0.1) is 5.02 Å². The molecular weight excluding hydrogens is 314 g/mol. The molecule has 2 aromatic carbocycles. The van der Waals surface area contributed by atoms with E-state index in [0.717, 1.165) is 21.3 Å². The lowest BCUT2D eigenvalue weighted by Gasteiger charge is -2.10. The second-order valence-corrected chi connectivity index (χ2v) is 5.33. The van der Waals surface area contributed by atoms with Gasteiger partial charge in [-0.1, -0.05) is 29.8 Å². The topological polar surface area (TPSA) is 32.3 Å². The molecule has 0 saturated heterocycles. The molecule has 2 rings (SSSR count). The van der Waals surface area contributed by atoms with Crippen LogP contribution in [0.25, 0.3) is 0 Å². The molecule has 0 spiro atoms. The first-order valence-corrected chi connectivity index (χ1v) is 6.71. The zero-order valence-electron chi connectivity index (χ0n) is 9.87. The minimum Gasteiger partial charge on any atom is -0.507 e. The molecule has 0 aromatic heterocycles. The van der Waals surface area contributed by atoms with E-state index in [1.54, 1.807) is 0 Å². The van der Waals surface area contributed by atoms with Gasteiger partial charge in [0.1, 0.15) is 5.75 Å². The maximum Gasteiger partial charge on any atom is 0.123 e. The van der Waals surface area contributed by atoms with Crippen LogP contribution in [0.15, 0.2) is 40.9 Å². The van der Waals surface area contributed by atoms with Crippen molar-refractivity contribution in [1.29, 1.82) is 0 Å². The van der Waals surface area contributed by atoms with Crippen LogP contribution in [-0.4, -0.2) is 5.11 Å². The largest absolute Gasteiger partial charge is 0.507 e. The highest BCUT2D eigenvalue weighted by Crippen LogP contribution is 2.27. The Labute approximate surface area is 120 Å². The van der Waals surface area contributed by atoms with Crippen molar-refractivity contribution in [2.75, 3.05) is 5.32 Å². The number of anilines is 1. The van der Waals surface area contributed by atoms with E-state index < -0.39 is 0 Å². The monoisotopic (exact) mass is 325 g/mol. The van der Waals surface area contributed by atoms with Gasteiger partial charge < -0.3 is 10.4 Å². The predicted octanol–water partition coefficient (Wildman–Crippen LogP) is 4.73. The third-order valence-electron chi connectivity index (χ3n) is 2.72. The molecule has 4 heteroatoms. The van der Waals surface area contributed by atoms with Crippen LogP contribution in [0.1, 0.15) is 11.1 Å². The van der Waals surface area contributed by atoms with E-state index in [0.29, 0.717) is 17.3 Å². The lowest BCUT2D eigenvalue weighted by Crippen LogP contribution is -2.00. The Bertz CT molecular complexity index is 572. The van der Waals surface area contributed by atoms with Crippen molar-refractivity contribution in [3.8, 4) is 5.75 Å².